The Labute approximate surface area is 151 Å². The highest BCUT2D eigenvalue weighted by Gasteiger charge is 2.11. The smallest absolute Gasteiger partial charge is 0.197 e. The fourth-order valence-corrected chi connectivity index (χ4v) is 3.87. The van der Waals surface area contributed by atoms with Gasteiger partial charge in [-0.1, -0.05) is 71.2 Å². The zero-order valence-electron chi connectivity index (χ0n) is 11.7. The summed E-state index contributed by atoms with van der Waals surface area (Å²) >= 11 is 17.8. The fraction of sp³-hybridized carbons (Fsp3) is 0. The van der Waals surface area contributed by atoms with Crippen molar-refractivity contribution in [3.05, 3.63) is 76.0 Å². The fourth-order valence-electron chi connectivity index (χ4n) is 1.85. The van der Waals surface area contributed by atoms with Crippen LogP contribution in [0.25, 0.3) is 0 Å². The third-order valence-electron chi connectivity index (χ3n) is 2.86. The molecule has 3 nitrogen and oxygen atoms in total. The van der Waals surface area contributed by atoms with Crippen LogP contribution in [0.3, 0.4) is 0 Å². The van der Waals surface area contributed by atoms with Gasteiger partial charge in [0.05, 0.1) is 0 Å². The second-order valence-electron chi connectivity index (χ2n) is 4.42. The third kappa shape index (κ3) is 3.90. The Hall–Kier alpha value is -1.46. The molecule has 0 spiro atoms. The highest BCUT2D eigenvalue weighted by molar-refractivity contribution is 7.87. The highest BCUT2D eigenvalue weighted by Crippen LogP contribution is 2.30. The van der Waals surface area contributed by atoms with Gasteiger partial charge in [-0.25, -0.2) is 0 Å². The molecule has 0 aliphatic heterocycles. The molecule has 23 heavy (non-hydrogen) atoms. The Bertz CT molecular complexity index is 790. The van der Waals surface area contributed by atoms with Crippen LogP contribution in [0.2, 0.25) is 15.3 Å². The van der Waals surface area contributed by atoms with Gasteiger partial charge in [-0.15, -0.1) is 0 Å². The topological polar surface area (TPSA) is 38.1 Å². The van der Waals surface area contributed by atoms with Crippen molar-refractivity contribution in [2.24, 2.45) is 4.36 Å². The molecule has 0 N–H and O–H groups in total. The summed E-state index contributed by atoms with van der Waals surface area (Å²) in [5, 5.41) is 0.316. The number of halogens is 3. The maximum atomic E-state index is 5.97. The zero-order chi connectivity index (χ0) is 16.2. The molecule has 0 bridgehead atoms. The third-order valence-corrected chi connectivity index (χ3v) is 5.75. The normalized spacial score (nSPS) is 10.8. The average Bonchev–Trinajstić information content (AvgIpc) is 2.59. The molecule has 2 aromatic carbocycles. The Morgan fingerprint density at radius 3 is 1.57 bits per heavy atom. The Morgan fingerprint density at radius 2 is 1.13 bits per heavy atom. The minimum atomic E-state index is -0.586. The van der Waals surface area contributed by atoms with Gasteiger partial charge in [0.25, 0.3) is 5.95 Å². The summed E-state index contributed by atoms with van der Waals surface area (Å²) in [5.41, 5.74) is 0. The molecule has 1 aromatic heterocycles. The first-order chi connectivity index (χ1) is 11.1. The van der Waals surface area contributed by atoms with Gasteiger partial charge >= 0.3 is 0 Å². The minimum Gasteiger partial charge on any atom is -0.197 e. The maximum absolute atomic E-state index is 5.97. The molecule has 0 aliphatic carbocycles. The van der Waals surface area contributed by atoms with Crippen LogP contribution in [0.15, 0.2) is 74.8 Å². The zero-order valence-corrected chi connectivity index (χ0v) is 14.7. The quantitative estimate of drug-likeness (QED) is 0.522. The Morgan fingerprint density at radius 1 is 0.696 bits per heavy atom. The second kappa shape index (κ2) is 7.41. The molecule has 116 valence electrons. The van der Waals surface area contributed by atoms with Crippen LogP contribution in [0.5, 0.6) is 0 Å². The van der Waals surface area contributed by atoms with Crippen LogP contribution in [0, 0.1) is 0 Å². The lowest BCUT2D eigenvalue weighted by molar-refractivity contribution is 1.14. The van der Waals surface area contributed by atoms with E-state index >= 15 is 0 Å². The van der Waals surface area contributed by atoms with Gasteiger partial charge in [-0.3, -0.25) is 0 Å². The van der Waals surface area contributed by atoms with Gasteiger partial charge in [0.2, 0.25) is 0 Å². The number of benzene rings is 2. The predicted molar refractivity (Wildman–Crippen MR) is 95.9 cm³/mol. The van der Waals surface area contributed by atoms with Crippen LogP contribution < -0.4 is 0 Å². The molecule has 0 atom stereocenters. The standard InChI is InChI=1S/C16H10Cl3N3S/c17-13-14(18)20-16(21-15(13)19)22-23(11-7-3-1-4-8-11)12-9-5-2-6-10-12/h1-10H. The number of nitrogens with zero attached hydrogens (tertiary/aromatic N) is 3. The SMILES string of the molecule is Clc1nc(N=S(c2ccccc2)c2ccccc2)nc(Cl)c1Cl. The summed E-state index contributed by atoms with van der Waals surface area (Å²) in [6.45, 7) is 0. The van der Waals surface area contributed by atoms with E-state index in [-0.39, 0.29) is 21.3 Å². The maximum Gasteiger partial charge on any atom is 0.259 e. The van der Waals surface area contributed by atoms with Crippen molar-refractivity contribution in [1.29, 1.82) is 0 Å². The first-order valence-electron chi connectivity index (χ1n) is 6.60. The van der Waals surface area contributed by atoms with Gasteiger partial charge < -0.3 is 0 Å². The van der Waals surface area contributed by atoms with E-state index in [9.17, 15) is 0 Å². The van der Waals surface area contributed by atoms with Gasteiger partial charge in [0.1, 0.15) is 5.02 Å². The molecule has 0 amide bonds. The largest absolute Gasteiger partial charge is 0.259 e. The molecule has 0 aliphatic rings. The Kier molecular flexibility index (Phi) is 5.28. The van der Waals surface area contributed by atoms with Crippen molar-refractivity contribution in [2.75, 3.05) is 0 Å². The van der Waals surface area contributed by atoms with Gasteiger partial charge in [0, 0.05) is 9.79 Å². The molecule has 0 saturated carbocycles. The lowest BCUT2D eigenvalue weighted by atomic mass is 10.4. The summed E-state index contributed by atoms with van der Waals surface area (Å²) in [6, 6.07) is 19.8. The van der Waals surface area contributed by atoms with E-state index in [0.717, 1.165) is 9.79 Å². The van der Waals surface area contributed by atoms with E-state index < -0.39 is 10.7 Å². The molecule has 3 aromatic rings. The van der Waals surface area contributed by atoms with Gasteiger partial charge in [-0.2, -0.15) is 14.3 Å². The number of hydrogen-bond acceptors (Lipinski definition) is 3. The van der Waals surface area contributed by atoms with Crippen molar-refractivity contribution in [3.63, 3.8) is 0 Å². The summed E-state index contributed by atoms with van der Waals surface area (Å²) in [6.07, 6.45) is 0. The lowest BCUT2D eigenvalue weighted by Crippen LogP contribution is -1.94. The lowest BCUT2D eigenvalue weighted by Gasteiger charge is -2.08. The molecule has 0 fully saturated rings. The van der Waals surface area contributed by atoms with E-state index in [4.69, 9.17) is 34.8 Å². The molecule has 0 radical (unpaired) electrons. The summed E-state index contributed by atoms with van der Waals surface area (Å²) < 4.78 is 4.64. The van der Waals surface area contributed by atoms with Crippen LogP contribution in [0.1, 0.15) is 0 Å². The second-order valence-corrected chi connectivity index (χ2v) is 7.21. The highest BCUT2D eigenvalue weighted by atomic mass is 35.5. The van der Waals surface area contributed by atoms with E-state index in [2.05, 4.69) is 14.3 Å². The van der Waals surface area contributed by atoms with Crippen LogP contribution in [-0.2, 0) is 10.7 Å². The number of hydrogen-bond donors (Lipinski definition) is 0. The van der Waals surface area contributed by atoms with E-state index in [0.29, 0.717) is 0 Å². The molecule has 3 rings (SSSR count). The number of aromatic nitrogens is 2. The van der Waals surface area contributed by atoms with Crippen LogP contribution in [-0.4, -0.2) is 9.97 Å². The molecule has 7 heteroatoms. The monoisotopic (exact) mass is 381 g/mol. The number of rotatable bonds is 3. The minimum absolute atomic E-state index is 0.0927. The van der Waals surface area contributed by atoms with Crippen molar-refractivity contribution >= 4 is 51.4 Å². The van der Waals surface area contributed by atoms with E-state index in [1.165, 1.54) is 0 Å². The van der Waals surface area contributed by atoms with Gasteiger partial charge in [-0.05, 0) is 35.0 Å². The van der Waals surface area contributed by atoms with E-state index in [1.54, 1.807) is 0 Å². The molecular formula is C16H10Cl3N3S. The summed E-state index contributed by atoms with van der Waals surface area (Å²) in [4.78, 5) is 10.3. The van der Waals surface area contributed by atoms with Crippen molar-refractivity contribution in [3.8, 4) is 0 Å². The van der Waals surface area contributed by atoms with E-state index in [1.807, 2.05) is 60.7 Å². The van der Waals surface area contributed by atoms with Crippen molar-refractivity contribution in [2.45, 2.75) is 9.79 Å². The summed E-state index contributed by atoms with van der Waals surface area (Å²) in [5.74, 6) is 0.209. The molecule has 1 heterocycles. The van der Waals surface area contributed by atoms with Crippen LogP contribution >= 0.6 is 34.8 Å². The Balaban J connectivity index is 2.16. The first-order valence-corrected chi connectivity index (χ1v) is 8.91. The summed E-state index contributed by atoms with van der Waals surface area (Å²) in [7, 11) is -0.586. The molecule has 0 saturated heterocycles. The molecular weight excluding hydrogens is 373 g/mol. The first kappa shape index (κ1) is 16.4. The van der Waals surface area contributed by atoms with Crippen LogP contribution in [0.4, 0.5) is 5.95 Å². The van der Waals surface area contributed by atoms with Crippen molar-refractivity contribution < 1.29 is 0 Å². The molecule has 0 unspecified atom stereocenters. The predicted octanol–water partition coefficient (Wildman–Crippen LogP) is 5.99. The van der Waals surface area contributed by atoms with Crippen molar-refractivity contribution in [1.82, 2.24) is 9.97 Å². The van der Waals surface area contributed by atoms with Gasteiger partial charge in [0.15, 0.2) is 10.3 Å². The average molecular weight is 383 g/mol.